The first-order valence-electron chi connectivity index (χ1n) is 10.8. The number of Topliss-reactive ketones (excluding diaryl/α,β-unsaturated/α-hetero) is 1. The lowest BCUT2D eigenvalue weighted by Gasteiger charge is -2.19. The normalized spacial score (nSPS) is 11.8. The maximum atomic E-state index is 13.6. The largest absolute Gasteiger partial charge is 0.487 e. The van der Waals surface area contributed by atoms with Crippen molar-refractivity contribution in [3.8, 4) is 5.75 Å². The van der Waals surface area contributed by atoms with E-state index in [1.54, 1.807) is 12.4 Å². The third kappa shape index (κ3) is 4.62. The van der Waals surface area contributed by atoms with E-state index in [-0.39, 0.29) is 5.78 Å². The van der Waals surface area contributed by atoms with Crippen LogP contribution in [0.2, 0.25) is 0 Å². The monoisotopic (exact) mass is 433 g/mol. The summed E-state index contributed by atoms with van der Waals surface area (Å²) in [5, 5.41) is 4.34. The van der Waals surface area contributed by atoms with Crippen LogP contribution in [0.3, 0.4) is 0 Å². The molecule has 0 radical (unpaired) electrons. The summed E-state index contributed by atoms with van der Waals surface area (Å²) >= 11 is 0. The van der Waals surface area contributed by atoms with E-state index >= 15 is 0 Å². The number of benzene rings is 3. The van der Waals surface area contributed by atoms with Crippen molar-refractivity contribution in [2.45, 2.75) is 12.6 Å². The predicted octanol–water partition coefficient (Wildman–Crippen LogP) is 6.18. The van der Waals surface area contributed by atoms with Crippen molar-refractivity contribution in [1.29, 1.82) is 0 Å². The molecule has 2 heterocycles. The molecule has 5 rings (SSSR count). The summed E-state index contributed by atoms with van der Waals surface area (Å²) in [5.41, 5.74) is 4.22. The van der Waals surface area contributed by atoms with Crippen molar-refractivity contribution in [2.75, 3.05) is 5.32 Å². The van der Waals surface area contributed by atoms with Crippen LogP contribution in [0.25, 0.3) is 10.9 Å². The van der Waals surface area contributed by atoms with Crippen LogP contribution < -0.4 is 10.1 Å². The van der Waals surface area contributed by atoms with Gasteiger partial charge >= 0.3 is 0 Å². The van der Waals surface area contributed by atoms with Crippen LogP contribution in [0.5, 0.6) is 5.75 Å². The molecule has 2 aromatic heterocycles. The summed E-state index contributed by atoms with van der Waals surface area (Å²) in [4.78, 5) is 21.1. The fraction of sp³-hybridized carbons (Fsp3) is 0.0714. The van der Waals surface area contributed by atoms with Crippen LogP contribution in [0, 0.1) is 0 Å². The molecule has 5 aromatic rings. The van der Waals surface area contributed by atoms with E-state index in [1.807, 2.05) is 97.1 Å². The predicted molar refractivity (Wildman–Crippen MR) is 130 cm³/mol. The highest BCUT2D eigenvalue weighted by Crippen LogP contribution is 2.28. The second-order valence-corrected chi connectivity index (χ2v) is 7.73. The summed E-state index contributed by atoms with van der Waals surface area (Å²) in [6, 6.07) is 30.5. The van der Waals surface area contributed by atoms with Gasteiger partial charge in [-0.2, -0.15) is 0 Å². The van der Waals surface area contributed by atoms with E-state index in [0.717, 1.165) is 33.6 Å². The molecule has 0 saturated heterocycles. The van der Waals surface area contributed by atoms with Crippen LogP contribution in [0.4, 0.5) is 5.69 Å². The number of hydrogen-bond acceptors (Lipinski definition) is 4. The van der Waals surface area contributed by atoms with Gasteiger partial charge in [-0.1, -0.05) is 54.6 Å². The minimum atomic E-state index is -0.523. The Hall–Kier alpha value is -4.38. The Labute approximate surface area is 192 Å². The molecule has 0 spiro atoms. The molecule has 0 fully saturated rings. The number of aromatic nitrogens is 2. The fourth-order valence-corrected chi connectivity index (χ4v) is 3.83. The van der Waals surface area contributed by atoms with Gasteiger partial charge in [0.1, 0.15) is 18.4 Å². The van der Waals surface area contributed by atoms with Crippen LogP contribution in [-0.2, 0) is 6.61 Å². The van der Waals surface area contributed by atoms with Gasteiger partial charge in [-0.25, -0.2) is 0 Å². The first-order valence-corrected chi connectivity index (χ1v) is 10.8. The summed E-state index contributed by atoms with van der Waals surface area (Å²) in [6.07, 6.45) is 3.54. The number of ketones is 1. The second kappa shape index (κ2) is 9.40. The zero-order chi connectivity index (χ0) is 22.5. The fourth-order valence-electron chi connectivity index (χ4n) is 3.83. The highest BCUT2D eigenvalue weighted by atomic mass is 16.5. The lowest BCUT2D eigenvalue weighted by atomic mass is 9.96. The van der Waals surface area contributed by atoms with E-state index in [2.05, 4.69) is 15.3 Å². The number of carbonyl (C=O) groups excluding carboxylic acids is 1. The number of anilines is 1. The molecule has 5 nitrogen and oxygen atoms in total. The number of aromatic amines is 1. The lowest BCUT2D eigenvalue weighted by molar-refractivity contribution is 0.0971. The van der Waals surface area contributed by atoms with Gasteiger partial charge in [0, 0.05) is 34.5 Å². The Morgan fingerprint density at radius 1 is 0.879 bits per heavy atom. The first-order chi connectivity index (χ1) is 16.3. The van der Waals surface area contributed by atoms with Crippen molar-refractivity contribution in [3.63, 3.8) is 0 Å². The highest BCUT2D eigenvalue weighted by Gasteiger charge is 2.24. The van der Waals surface area contributed by atoms with Crippen LogP contribution in [0.15, 0.2) is 109 Å². The zero-order valence-corrected chi connectivity index (χ0v) is 17.9. The molecule has 0 saturated carbocycles. The Morgan fingerprint density at radius 2 is 1.64 bits per heavy atom. The topological polar surface area (TPSA) is 67.0 Å². The number of rotatable bonds is 8. The maximum absolute atomic E-state index is 13.6. The zero-order valence-electron chi connectivity index (χ0n) is 17.9. The van der Waals surface area contributed by atoms with Crippen molar-refractivity contribution in [2.24, 2.45) is 0 Å². The molecule has 2 N–H and O–H groups in total. The summed E-state index contributed by atoms with van der Waals surface area (Å²) in [7, 11) is 0. The molecule has 1 atom stereocenters. The number of hydrogen-bond donors (Lipinski definition) is 2. The minimum absolute atomic E-state index is 0.00845. The lowest BCUT2D eigenvalue weighted by Crippen LogP contribution is -2.21. The Balaban J connectivity index is 1.37. The van der Waals surface area contributed by atoms with Crippen LogP contribution >= 0.6 is 0 Å². The van der Waals surface area contributed by atoms with Gasteiger partial charge in [0.15, 0.2) is 5.78 Å². The third-order valence-corrected chi connectivity index (χ3v) is 5.53. The number of nitrogens with one attached hydrogen (secondary N) is 2. The van der Waals surface area contributed by atoms with E-state index in [4.69, 9.17) is 4.74 Å². The van der Waals surface area contributed by atoms with Gasteiger partial charge in [0.05, 0.1) is 5.69 Å². The van der Waals surface area contributed by atoms with E-state index < -0.39 is 6.04 Å². The molecule has 162 valence electrons. The van der Waals surface area contributed by atoms with E-state index in [1.165, 1.54) is 0 Å². The smallest absolute Gasteiger partial charge is 0.191 e. The number of pyridine rings is 1. The van der Waals surface area contributed by atoms with Gasteiger partial charge in [-0.05, 0) is 48.0 Å². The molecular weight excluding hydrogens is 410 g/mol. The van der Waals surface area contributed by atoms with Crippen LogP contribution in [0.1, 0.15) is 27.7 Å². The number of fused-ring (bicyclic) bond motifs is 1. The summed E-state index contributed by atoms with van der Waals surface area (Å²) in [5.74, 6) is 0.750. The Bertz CT molecular complexity index is 1350. The quantitative estimate of drug-likeness (QED) is 0.287. The highest BCUT2D eigenvalue weighted by molar-refractivity contribution is 6.11. The minimum Gasteiger partial charge on any atom is -0.487 e. The third-order valence-electron chi connectivity index (χ3n) is 5.53. The molecule has 0 aliphatic heterocycles. The van der Waals surface area contributed by atoms with Gasteiger partial charge in [-0.15, -0.1) is 0 Å². The van der Waals surface area contributed by atoms with Gasteiger partial charge in [0.25, 0.3) is 0 Å². The number of ether oxygens (including phenoxy) is 1. The summed E-state index contributed by atoms with van der Waals surface area (Å²) < 4.78 is 5.83. The molecule has 33 heavy (non-hydrogen) atoms. The molecule has 0 aliphatic carbocycles. The van der Waals surface area contributed by atoms with Gasteiger partial charge in [0.2, 0.25) is 0 Å². The number of para-hydroxylation sites is 1. The Kier molecular flexibility index (Phi) is 5.85. The average Bonchev–Trinajstić information content (AvgIpc) is 3.32. The van der Waals surface area contributed by atoms with E-state index in [9.17, 15) is 4.79 Å². The number of carbonyl (C=O) groups is 1. The van der Waals surface area contributed by atoms with Gasteiger partial charge < -0.3 is 15.0 Å². The van der Waals surface area contributed by atoms with Crippen molar-refractivity contribution in [3.05, 3.63) is 126 Å². The van der Waals surface area contributed by atoms with Crippen molar-refractivity contribution >= 4 is 22.4 Å². The standard InChI is InChI=1S/C28H23N3O2/c32-28(25-18-30-26-12-5-4-11-24(25)26)27(20-8-2-1-3-9-20)31-21-13-15-23(16-14-21)33-19-22-10-6-7-17-29-22/h1-18,27,30-31H,19H2. The SMILES string of the molecule is O=C(c1c[nH]c2ccccc12)C(Nc1ccc(OCc2ccccn2)cc1)c1ccccc1. The summed E-state index contributed by atoms with van der Waals surface area (Å²) in [6.45, 7) is 0.402. The maximum Gasteiger partial charge on any atom is 0.191 e. The second-order valence-electron chi connectivity index (χ2n) is 7.73. The Morgan fingerprint density at radius 3 is 2.42 bits per heavy atom. The van der Waals surface area contributed by atoms with Crippen molar-refractivity contribution in [1.82, 2.24) is 9.97 Å². The molecule has 0 amide bonds. The number of nitrogens with zero attached hydrogens (tertiary/aromatic N) is 1. The molecule has 0 bridgehead atoms. The average molecular weight is 434 g/mol. The van der Waals surface area contributed by atoms with Crippen LogP contribution in [-0.4, -0.2) is 15.8 Å². The number of H-pyrrole nitrogens is 1. The molecule has 5 heteroatoms. The molecule has 1 unspecified atom stereocenters. The first kappa shape index (κ1) is 20.5. The molecule has 0 aliphatic rings. The van der Waals surface area contributed by atoms with Gasteiger partial charge in [-0.3, -0.25) is 9.78 Å². The van der Waals surface area contributed by atoms with E-state index in [0.29, 0.717) is 12.2 Å². The molecular formula is C28H23N3O2. The molecule has 3 aromatic carbocycles. The van der Waals surface area contributed by atoms with Crippen molar-refractivity contribution < 1.29 is 9.53 Å².